The summed E-state index contributed by atoms with van der Waals surface area (Å²) in [7, 11) is 0. The van der Waals surface area contributed by atoms with E-state index in [0.29, 0.717) is 53.5 Å². The molecule has 0 spiro atoms. The maximum atomic E-state index is 14.0. The van der Waals surface area contributed by atoms with E-state index in [9.17, 15) is 9.18 Å². The highest BCUT2D eigenvalue weighted by Crippen LogP contribution is 2.34. The second-order valence-corrected chi connectivity index (χ2v) is 6.49. The van der Waals surface area contributed by atoms with E-state index >= 15 is 0 Å². The molecule has 9 heteroatoms. The monoisotopic (exact) mass is 385 g/mol. The predicted octanol–water partition coefficient (Wildman–Crippen LogP) is 2.56. The van der Waals surface area contributed by atoms with Crippen molar-refractivity contribution in [1.82, 2.24) is 20.2 Å². The first-order valence-electron chi connectivity index (χ1n) is 9.07. The molecule has 4 rings (SSSR count). The largest absolute Gasteiger partial charge is 0.462 e. The van der Waals surface area contributed by atoms with Gasteiger partial charge >= 0.3 is 5.97 Å². The summed E-state index contributed by atoms with van der Waals surface area (Å²) in [4.78, 5) is 23.2. The number of rotatable bonds is 4. The van der Waals surface area contributed by atoms with Gasteiger partial charge in [-0.3, -0.25) is 10.1 Å². The summed E-state index contributed by atoms with van der Waals surface area (Å²) >= 11 is 0. The number of fused-ring (bicyclic) bond motifs is 1. The molecule has 0 radical (unpaired) electrons. The van der Waals surface area contributed by atoms with Crippen LogP contribution in [0.1, 0.15) is 35.0 Å². The first-order chi connectivity index (χ1) is 13.6. The highest BCUT2D eigenvalue weighted by atomic mass is 19.1. The minimum absolute atomic E-state index is 0.238. The summed E-state index contributed by atoms with van der Waals surface area (Å²) in [5, 5.41) is 7.54. The van der Waals surface area contributed by atoms with Crippen molar-refractivity contribution >= 4 is 22.6 Å². The van der Waals surface area contributed by atoms with E-state index in [1.165, 1.54) is 18.3 Å². The van der Waals surface area contributed by atoms with Crippen LogP contribution in [0.3, 0.4) is 0 Å². The van der Waals surface area contributed by atoms with Crippen LogP contribution in [0.2, 0.25) is 0 Å². The van der Waals surface area contributed by atoms with E-state index in [0.717, 1.165) is 0 Å². The molecular weight excluding hydrogens is 365 g/mol. The minimum Gasteiger partial charge on any atom is -0.462 e. The molecule has 3 aromatic rings. The van der Waals surface area contributed by atoms with Crippen LogP contribution in [-0.2, 0) is 9.47 Å². The van der Waals surface area contributed by atoms with Gasteiger partial charge in [0.2, 0.25) is 0 Å². The van der Waals surface area contributed by atoms with Crippen LogP contribution >= 0.6 is 0 Å². The molecule has 0 amide bonds. The summed E-state index contributed by atoms with van der Waals surface area (Å²) in [6, 6.07) is 4.34. The molecule has 0 bridgehead atoms. The molecule has 8 nitrogen and oxygen atoms in total. The Bertz CT molecular complexity index is 1020. The number of anilines is 1. The minimum atomic E-state index is -0.493. The molecule has 1 fully saturated rings. The van der Waals surface area contributed by atoms with Gasteiger partial charge in [-0.25, -0.2) is 14.2 Å². The Labute approximate surface area is 160 Å². The number of halogens is 1. The third kappa shape index (κ3) is 3.40. The number of aryl methyl sites for hydroxylation is 1. The van der Waals surface area contributed by atoms with Crippen molar-refractivity contribution in [3.05, 3.63) is 47.4 Å². The lowest BCUT2D eigenvalue weighted by molar-refractivity contribution is 0.0339. The van der Waals surface area contributed by atoms with Crippen LogP contribution < -0.4 is 4.90 Å². The molecule has 2 aromatic heterocycles. The van der Waals surface area contributed by atoms with Crippen molar-refractivity contribution < 1.29 is 18.7 Å². The second-order valence-electron chi connectivity index (χ2n) is 6.49. The number of carbonyl (C=O) groups is 1. The molecule has 146 valence electrons. The SMILES string of the molecule is CCOC(=O)c1cnc2ccc(F)cc2c1N1CCOC(c2n[nH]c(C)n2)C1. The fraction of sp³-hybridized carbons (Fsp3) is 0.368. The lowest BCUT2D eigenvalue weighted by atomic mass is 10.1. The number of esters is 1. The van der Waals surface area contributed by atoms with Crippen LogP contribution in [0.5, 0.6) is 0 Å². The molecule has 28 heavy (non-hydrogen) atoms. The Morgan fingerprint density at radius 1 is 1.46 bits per heavy atom. The molecule has 0 aliphatic carbocycles. The fourth-order valence-corrected chi connectivity index (χ4v) is 3.36. The van der Waals surface area contributed by atoms with Gasteiger partial charge in [-0.1, -0.05) is 0 Å². The average Bonchev–Trinajstić information content (AvgIpc) is 3.13. The van der Waals surface area contributed by atoms with Crippen molar-refractivity contribution in [1.29, 1.82) is 0 Å². The fourth-order valence-electron chi connectivity index (χ4n) is 3.36. The molecule has 1 aromatic carbocycles. The molecule has 1 atom stereocenters. The lowest BCUT2D eigenvalue weighted by Gasteiger charge is -2.34. The van der Waals surface area contributed by atoms with Crippen LogP contribution in [0.25, 0.3) is 10.9 Å². The Balaban J connectivity index is 1.79. The summed E-state index contributed by atoms with van der Waals surface area (Å²) in [5.74, 6) is 0.350. The number of benzene rings is 1. The van der Waals surface area contributed by atoms with E-state index in [4.69, 9.17) is 9.47 Å². The predicted molar refractivity (Wildman–Crippen MR) is 99.7 cm³/mol. The zero-order chi connectivity index (χ0) is 19.7. The molecule has 0 saturated carbocycles. The number of aromatic nitrogens is 4. The number of hydrogen-bond donors (Lipinski definition) is 1. The number of morpholine rings is 1. The quantitative estimate of drug-likeness (QED) is 0.690. The topological polar surface area (TPSA) is 93.2 Å². The Hall–Kier alpha value is -3.07. The summed E-state index contributed by atoms with van der Waals surface area (Å²) in [5.41, 5.74) is 1.48. The van der Waals surface area contributed by atoms with Crippen LogP contribution in [-0.4, -0.2) is 52.4 Å². The molecule has 1 N–H and O–H groups in total. The van der Waals surface area contributed by atoms with E-state index < -0.39 is 11.8 Å². The number of nitrogens with one attached hydrogen (secondary N) is 1. The van der Waals surface area contributed by atoms with Crippen molar-refractivity contribution in [2.75, 3.05) is 31.2 Å². The maximum absolute atomic E-state index is 14.0. The lowest BCUT2D eigenvalue weighted by Crippen LogP contribution is -2.39. The Kier molecular flexibility index (Phi) is 4.91. The Morgan fingerprint density at radius 2 is 2.32 bits per heavy atom. The number of pyridine rings is 1. The van der Waals surface area contributed by atoms with Gasteiger partial charge in [0.15, 0.2) is 5.82 Å². The molecule has 1 aliphatic rings. The van der Waals surface area contributed by atoms with Gasteiger partial charge in [0, 0.05) is 18.1 Å². The molecule has 3 heterocycles. The average molecular weight is 385 g/mol. The third-order valence-electron chi connectivity index (χ3n) is 4.58. The van der Waals surface area contributed by atoms with Crippen molar-refractivity contribution in [3.8, 4) is 0 Å². The maximum Gasteiger partial charge on any atom is 0.341 e. The van der Waals surface area contributed by atoms with Crippen molar-refractivity contribution in [2.45, 2.75) is 20.0 Å². The number of aromatic amines is 1. The van der Waals surface area contributed by atoms with Gasteiger partial charge in [0.05, 0.1) is 31.0 Å². The smallest absolute Gasteiger partial charge is 0.341 e. The number of H-pyrrole nitrogens is 1. The molecular formula is C19H20FN5O3. The second kappa shape index (κ2) is 7.51. The van der Waals surface area contributed by atoms with Gasteiger partial charge in [0.1, 0.15) is 23.3 Å². The van der Waals surface area contributed by atoms with Crippen LogP contribution in [0, 0.1) is 12.7 Å². The van der Waals surface area contributed by atoms with Crippen LogP contribution in [0.15, 0.2) is 24.4 Å². The Morgan fingerprint density at radius 3 is 3.07 bits per heavy atom. The van der Waals surface area contributed by atoms with Gasteiger partial charge in [-0.2, -0.15) is 5.10 Å². The molecule has 1 saturated heterocycles. The highest BCUT2D eigenvalue weighted by Gasteiger charge is 2.29. The summed E-state index contributed by atoms with van der Waals surface area (Å²) < 4.78 is 25.0. The number of nitrogens with zero attached hydrogens (tertiary/aromatic N) is 4. The van der Waals surface area contributed by atoms with Crippen LogP contribution in [0.4, 0.5) is 10.1 Å². The van der Waals surface area contributed by atoms with E-state index in [1.807, 2.05) is 11.8 Å². The summed E-state index contributed by atoms with van der Waals surface area (Å²) in [6.07, 6.45) is 1.11. The van der Waals surface area contributed by atoms with Crippen molar-refractivity contribution in [3.63, 3.8) is 0 Å². The normalized spacial score (nSPS) is 17.1. The number of ether oxygens (including phenoxy) is 2. The molecule has 1 unspecified atom stereocenters. The van der Waals surface area contributed by atoms with Gasteiger partial charge in [0.25, 0.3) is 0 Å². The van der Waals surface area contributed by atoms with E-state index in [-0.39, 0.29) is 12.7 Å². The van der Waals surface area contributed by atoms with E-state index in [2.05, 4.69) is 20.2 Å². The zero-order valence-electron chi connectivity index (χ0n) is 15.6. The van der Waals surface area contributed by atoms with E-state index in [1.54, 1.807) is 13.0 Å². The molecule has 1 aliphatic heterocycles. The first-order valence-corrected chi connectivity index (χ1v) is 9.07. The standard InChI is InChI=1S/C19H20FN5O3/c1-3-27-19(26)14-9-21-15-5-4-12(20)8-13(15)17(14)25-6-7-28-16(10-25)18-22-11(2)23-24-18/h4-5,8-9,16H,3,6-7,10H2,1-2H3,(H,22,23,24). The zero-order valence-corrected chi connectivity index (χ0v) is 15.6. The first kappa shape index (κ1) is 18.3. The third-order valence-corrected chi connectivity index (χ3v) is 4.58. The summed E-state index contributed by atoms with van der Waals surface area (Å²) in [6.45, 7) is 5.15. The number of carbonyl (C=O) groups excluding carboxylic acids is 1. The number of hydrogen-bond acceptors (Lipinski definition) is 7. The van der Waals surface area contributed by atoms with Gasteiger partial charge < -0.3 is 14.4 Å². The van der Waals surface area contributed by atoms with Gasteiger partial charge in [-0.05, 0) is 32.0 Å². The van der Waals surface area contributed by atoms with Crippen molar-refractivity contribution in [2.24, 2.45) is 0 Å². The van der Waals surface area contributed by atoms with Gasteiger partial charge in [-0.15, -0.1) is 0 Å². The highest BCUT2D eigenvalue weighted by molar-refractivity contribution is 6.05.